The minimum Gasteiger partial charge on any atom is -0.315 e. The first-order valence-corrected chi connectivity index (χ1v) is 8.59. The monoisotopic (exact) mass is 367 g/mol. The van der Waals surface area contributed by atoms with E-state index in [0.29, 0.717) is 25.6 Å². The standard InChI is InChI=1S/C13H16F3N3O4S/c1-8-4-5-17-7-11(8)18-24(22,23)12-3-2-9(19(20)21)6-10(12)13(14,15)16/h2-3,6,8,11,17-18H,4-5,7H2,1H3. The number of hydrogen-bond acceptors (Lipinski definition) is 5. The van der Waals surface area contributed by atoms with Crippen LogP contribution in [0.2, 0.25) is 0 Å². The Morgan fingerprint density at radius 3 is 2.58 bits per heavy atom. The number of hydrogen-bond donors (Lipinski definition) is 2. The van der Waals surface area contributed by atoms with Crippen LogP contribution in [-0.2, 0) is 16.2 Å². The van der Waals surface area contributed by atoms with Crippen LogP contribution >= 0.6 is 0 Å². The van der Waals surface area contributed by atoms with Crippen molar-refractivity contribution < 1.29 is 26.5 Å². The van der Waals surface area contributed by atoms with Crippen molar-refractivity contribution >= 4 is 15.7 Å². The molecule has 1 aliphatic heterocycles. The van der Waals surface area contributed by atoms with E-state index < -0.39 is 43.3 Å². The number of alkyl halides is 3. The number of benzene rings is 1. The molecule has 24 heavy (non-hydrogen) atoms. The molecule has 0 bridgehead atoms. The molecule has 7 nitrogen and oxygen atoms in total. The zero-order valence-corrected chi connectivity index (χ0v) is 13.4. The fourth-order valence-corrected chi connectivity index (χ4v) is 4.05. The van der Waals surface area contributed by atoms with Crippen molar-refractivity contribution in [2.24, 2.45) is 5.92 Å². The van der Waals surface area contributed by atoms with Gasteiger partial charge in [0.1, 0.15) is 0 Å². The number of sulfonamides is 1. The third-order valence-electron chi connectivity index (χ3n) is 3.90. The summed E-state index contributed by atoms with van der Waals surface area (Å²) in [7, 11) is -4.48. The highest BCUT2D eigenvalue weighted by molar-refractivity contribution is 7.89. The summed E-state index contributed by atoms with van der Waals surface area (Å²) in [6.45, 7) is 2.80. The Kier molecular flexibility index (Phi) is 5.16. The molecule has 0 spiro atoms. The number of piperidine rings is 1. The Labute approximate surface area is 136 Å². The normalized spacial score (nSPS) is 22.3. The fourth-order valence-electron chi connectivity index (χ4n) is 2.50. The van der Waals surface area contributed by atoms with E-state index in [1.165, 1.54) is 0 Å². The highest BCUT2D eigenvalue weighted by Crippen LogP contribution is 2.36. The molecule has 0 radical (unpaired) electrons. The van der Waals surface area contributed by atoms with Crippen molar-refractivity contribution in [3.05, 3.63) is 33.9 Å². The molecule has 0 aliphatic carbocycles. The van der Waals surface area contributed by atoms with Crippen LogP contribution in [0.4, 0.5) is 18.9 Å². The molecule has 1 heterocycles. The summed E-state index contributed by atoms with van der Waals surface area (Å²) < 4.78 is 66.5. The van der Waals surface area contributed by atoms with E-state index >= 15 is 0 Å². The minimum absolute atomic E-state index is 0.0478. The minimum atomic E-state index is -5.04. The van der Waals surface area contributed by atoms with Crippen LogP contribution in [0.15, 0.2) is 23.1 Å². The topological polar surface area (TPSA) is 101 Å². The predicted molar refractivity (Wildman–Crippen MR) is 78.9 cm³/mol. The third-order valence-corrected chi connectivity index (χ3v) is 5.45. The van der Waals surface area contributed by atoms with Gasteiger partial charge in [0.25, 0.3) is 5.69 Å². The second-order valence-corrected chi connectivity index (χ2v) is 7.32. The number of nitrogens with one attached hydrogen (secondary N) is 2. The average Bonchev–Trinajstić information content (AvgIpc) is 2.48. The summed E-state index contributed by atoms with van der Waals surface area (Å²) >= 11 is 0. The molecule has 1 saturated heterocycles. The molecule has 0 saturated carbocycles. The first-order valence-electron chi connectivity index (χ1n) is 7.11. The zero-order valence-electron chi connectivity index (χ0n) is 12.6. The molecule has 2 N–H and O–H groups in total. The zero-order chi connectivity index (χ0) is 18.1. The Morgan fingerprint density at radius 2 is 2.04 bits per heavy atom. The van der Waals surface area contributed by atoms with E-state index in [4.69, 9.17) is 0 Å². The quantitative estimate of drug-likeness (QED) is 0.625. The van der Waals surface area contributed by atoms with Crippen molar-refractivity contribution in [1.82, 2.24) is 10.0 Å². The van der Waals surface area contributed by atoms with Crippen LogP contribution in [0.1, 0.15) is 18.9 Å². The second kappa shape index (κ2) is 6.65. The van der Waals surface area contributed by atoms with Gasteiger partial charge in [-0.2, -0.15) is 13.2 Å². The summed E-state index contributed by atoms with van der Waals surface area (Å²) in [5, 5.41) is 13.6. The van der Waals surface area contributed by atoms with Crippen molar-refractivity contribution in [3.63, 3.8) is 0 Å². The predicted octanol–water partition coefficient (Wildman–Crippen LogP) is 1.89. The van der Waals surface area contributed by atoms with Crippen molar-refractivity contribution in [2.45, 2.75) is 30.5 Å². The molecule has 0 amide bonds. The molecule has 2 atom stereocenters. The van der Waals surface area contributed by atoms with Crippen molar-refractivity contribution in [2.75, 3.05) is 13.1 Å². The van der Waals surface area contributed by atoms with E-state index in [1.807, 2.05) is 0 Å². The van der Waals surface area contributed by atoms with Gasteiger partial charge in [0, 0.05) is 24.7 Å². The maximum atomic E-state index is 13.2. The lowest BCUT2D eigenvalue weighted by molar-refractivity contribution is -0.385. The number of non-ortho nitro benzene ring substituents is 1. The van der Waals surface area contributed by atoms with Crippen LogP contribution in [0, 0.1) is 16.0 Å². The number of halogens is 3. The largest absolute Gasteiger partial charge is 0.417 e. The lowest BCUT2D eigenvalue weighted by Crippen LogP contribution is -2.50. The number of nitro groups is 1. The van der Waals surface area contributed by atoms with Gasteiger partial charge < -0.3 is 5.32 Å². The molecule has 11 heteroatoms. The molecule has 2 rings (SSSR count). The van der Waals surface area contributed by atoms with Crippen LogP contribution in [0.3, 0.4) is 0 Å². The van der Waals surface area contributed by atoms with Crippen molar-refractivity contribution in [3.8, 4) is 0 Å². The van der Waals surface area contributed by atoms with Crippen LogP contribution in [0.25, 0.3) is 0 Å². The molecule has 0 aromatic heterocycles. The molecule has 1 aromatic rings. The summed E-state index contributed by atoms with van der Waals surface area (Å²) in [5.74, 6) is -0.0478. The van der Waals surface area contributed by atoms with Gasteiger partial charge in [-0.1, -0.05) is 6.92 Å². The Bertz CT molecular complexity index is 736. The third kappa shape index (κ3) is 4.02. The molecule has 134 valence electrons. The highest BCUT2D eigenvalue weighted by Gasteiger charge is 2.39. The van der Waals surface area contributed by atoms with Gasteiger partial charge in [-0.05, 0) is 24.9 Å². The maximum absolute atomic E-state index is 13.2. The smallest absolute Gasteiger partial charge is 0.315 e. The number of nitrogens with zero attached hydrogens (tertiary/aromatic N) is 1. The van der Waals surface area contributed by atoms with Gasteiger partial charge in [0.05, 0.1) is 15.4 Å². The van der Waals surface area contributed by atoms with Crippen LogP contribution in [-0.4, -0.2) is 32.5 Å². The van der Waals surface area contributed by atoms with Gasteiger partial charge in [-0.15, -0.1) is 0 Å². The van der Waals surface area contributed by atoms with E-state index in [-0.39, 0.29) is 12.0 Å². The molecule has 1 aliphatic rings. The van der Waals surface area contributed by atoms with Crippen LogP contribution in [0.5, 0.6) is 0 Å². The Hall–Kier alpha value is -1.72. The van der Waals surface area contributed by atoms with E-state index in [2.05, 4.69) is 10.0 Å². The van der Waals surface area contributed by atoms with E-state index in [9.17, 15) is 31.7 Å². The van der Waals surface area contributed by atoms with Gasteiger partial charge in [-0.3, -0.25) is 10.1 Å². The second-order valence-electron chi connectivity index (χ2n) is 5.63. The summed E-state index contributed by atoms with van der Waals surface area (Å²) in [4.78, 5) is 8.64. The van der Waals surface area contributed by atoms with Gasteiger partial charge >= 0.3 is 6.18 Å². The SMILES string of the molecule is CC1CCNCC1NS(=O)(=O)c1ccc([N+](=O)[O-])cc1C(F)(F)F. The fraction of sp³-hybridized carbons (Fsp3) is 0.538. The van der Waals surface area contributed by atoms with Gasteiger partial charge in [0.15, 0.2) is 0 Å². The van der Waals surface area contributed by atoms with Gasteiger partial charge in [0.2, 0.25) is 10.0 Å². The summed E-state index contributed by atoms with van der Waals surface area (Å²) in [5.41, 5.74) is -2.38. The molecule has 2 unspecified atom stereocenters. The molecular weight excluding hydrogens is 351 g/mol. The molecule has 1 fully saturated rings. The van der Waals surface area contributed by atoms with Gasteiger partial charge in [-0.25, -0.2) is 13.1 Å². The van der Waals surface area contributed by atoms with E-state index in [1.54, 1.807) is 6.92 Å². The van der Waals surface area contributed by atoms with Crippen molar-refractivity contribution in [1.29, 1.82) is 0 Å². The highest BCUT2D eigenvalue weighted by atomic mass is 32.2. The first kappa shape index (κ1) is 18.6. The maximum Gasteiger partial charge on any atom is 0.417 e. The molecular formula is C13H16F3N3O4S. The number of rotatable bonds is 4. The summed E-state index contributed by atoms with van der Waals surface area (Å²) in [6.07, 6.45) is -4.36. The van der Waals surface area contributed by atoms with E-state index in [0.717, 1.165) is 6.07 Å². The van der Waals surface area contributed by atoms with Crippen LogP contribution < -0.4 is 10.0 Å². The number of nitro benzene ring substituents is 1. The Morgan fingerprint density at radius 1 is 1.38 bits per heavy atom. The lowest BCUT2D eigenvalue weighted by atomic mass is 9.96. The lowest BCUT2D eigenvalue weighted by Gasteiger charge is -2.30. The molecule has 1 aromatic carbocycles. The first-order chi connectivity index (χ1) is 11.0. The Balaban J connectivity index is 2.43. The summed E-state index contributed by atoms with van der Waals surface area (Å²) in [6, 6.07) is 1.04. The average molecular weight is 367 g/mol.